The summed E-state index contributed by atoms with van der Waals surface area (Å²) in [5.41, 5.74) is 1.03. The Labute approximate surface area is 124 Å². The molecule has 0 fully saturated rings. The minimum Gasteiger partial charge on any atom is -0.340 e. The zero-order chi connectivity index (χ0) is 15.2. The maximum absolute atomic E-state index is 12.1. The molecule has 0 saturated carbocycles. The van der Waals surface area contributed by atoms with Crippen molar-refractivity contribution in [2.24, 2.45) is 7.05 Å². The lowest BCUT2D eigenvalue weighted by atomic mass is 10.3. The highest BCUT2D eigenvalue weighted by atomic mass is 16.2. The van der Waals surface area contributed by atoms with Crippen LogP contribution in [0.15, 0.2) is 30.9 Å². The summed E-state index contributed by atoms with van der Waals surface area (Å²) < 4.78 is 3.58. The van der Waals surface area contributed by atoms with Crippen molar-refractivity contribution >= 4 is 5.91 Å². The third-order valence-corrected chi connectivity index (χ3v) is 3.23. The first-order valence-corrected chi connectivity index (χ1v) is 6.97. The summed E-state index contributed by atoms with van der Waals surface area (Å²) in [5, 5.41) is 11.5. The summed E-state index contributed by atoms with van der Waals surface area (Å²) in [6, 6.07) is 2.07. The number of carbonyl (C=O) groups is 1. The first-order chi connectivity index (χ1) is 10.0. The van der Waals surface area contributed by atoms with Crippen LogP contribution in [0.4, 0.5) is 0 Å². The summed E-state index contributed by atoms with van der Waals surface area (Å²) in [6.07, 6.45) is 7.35. The van der Waals surface area contributed by atoms with E-state index in [1.807, 2.05) is 37.1 Å². The highest BCUT2D eigenvalue weighted by molar-refractivity contribution is 5.77. The molecule has 2 aromatic rings. The van der Waals surface area contributed by atoms with Crippen LogP contribution in [-0.4, -0.2) is 50.0 Å². The summed E-state index contributed by atoms with van der Waals surface area (Å²) in [6.45, 7) is 3.67. The number of likely N-dealkylation sites (N-methyl/N-ethyl adjacent to an activating group) is 1. The molecule has 0 bridgehead atoms. The first kappa shape index (κ1) is 15.2. The third-order valence-electron chi connectivity index (χ3n) is 3.23. The van der Waals surface area contributed by atoms with Gasteiger partial charge in [0.2, 0.25) is 5.91 Å². The van der Waals surface area contributed by atoms with E-state index >= 15 is 0 Å². The van der Waals surface area contributed by atoms with Crippen LogP contribution in [0.5, 0.6) is 0 Å². The van der Waals surface area contributed by atoms with Crippen LogP contribution in [0.25, 0.3) is 0 Å². The van der Waals surface area contributed by atoms with Gasteiger partial charge in [-0.25, -0.2) is 0 Å². The number of aryl methyl sites for hydroxylation is 1. The number of aromatic nitrogens is 4. The van der Waals surface area contributed by atoms with Crippen LogP contribution < -0.4 is 5.32 Å². The molecule has 0 unspecified atom stereocenters. The standard InChI is InChI=1S/C14H22N6O/c1-12(9-20-6-4-5-16-20)15-8-14(21)18(2)10-13-7-17-19(3)11-13/h4-7,11-12,15H,8-10H2,1-3H3/t12-/m1/s1. The van der Waals surface area contributed by atoms with Crippen molar-refractivity contribution in [3.63, 3.8) is 0 Å². The first-order valence-electron chi connectivity index (χ1n) is 6.97. The molecule has 0 radical (unpaired) electrons. The van der Waals surface area contributed by atoms with Crippen molar-refractivity contribution in [3.05, 3.63) is 36.4 Å². The Hall–Kier alpha value is -2.15. The fourth-order valence-electron chi connectivity index (χ4n) is 2.07. The van der Waals surface area contributed by atoms with Gasteiger partial charge in [0, 0.05) is 50.8 Å². The molecular weight excluding hydrogens is 268 g/mol. The average Bonchev–Trinajstić information content (AvgIpc) is 3.08. The van der Waals surface area contributed by atoms with Crippen LogP contribution >= 0.6 is 0 Å². The summed E-state index contributed by atoms with van der Waals surface area (Å²) in [7, 11) is 3.67. The van der Waals surface area contributed by atoms with Crippen LogP contribution in [0.2, 0.25) is 0 Å². The topological polar surface area (TPSA) is 68.0 Å². The van der Waals surface area contributed by atoms with E-state index in [1.54, 1.807) is 29.0 Å². The second-order valence-corrected chi connectivity index (χ2v) is 5.28. The van der Waals surface area contributed by atoms with Crippen molar-refractivity contribution in [2.45, 2.75) is 26.1 Å². The predicted molar refractivity (Wildman–Crippen MR) is 79.4 cm³/mol. The molecule has 1 amide bonds. The number of carbonyl (C=O) groups excluding carboxylic acids is 1. The summed E-state index contributed by atoms with van der Waals surface area (Å²) >= 11 is 0. The highest BCUT2D eigenvalue weighted by Crippen LogP contribution is 2.01. The van der Waals surface area contributed by atoms with E-state index in [0.717, 1.165) is 12.1 Å². The van der Waals surface area contributed by atoms with Crippen molar-refractivity contribution in [3.8, 4) is 0 Å². The highest BCUT2D eigenvalue weighted by Gasteiger charge is 2.12. The minimum absolute atomic E-state index is 0.0613. The van der Waals surface area contributed by atoms with E-state index in [-0.39, 0.29) is 11.9 Å². The molecule has 0 aliphatic rings. The molecular formula is C14H22N6O. The Morgan fingerprint density at radius 2 is 2.29 bits per heavy atom. The zero-order valence-corrected chi connectivity index (χ0v) is 12.7. The SMILES string of the molecule is C[C@H](Cn1cccn1)NCC(=O)N(C)Cc1cnn(C)c1. The molecule has 0 aliphatic heterocycles. The Kier molecular flexibility index (Phi) is 5.10. The van der Waals surface area contributed by atoms with E-state index in [4.69, 9.17) is 0 Å². The molecule has 0 spiro atoms. The largest absolute Gasteiger partial charge is 0.340 e. The van der Waals surface area contributed by atoms with Crippen molar-refractivity contribution < 1.29 is 4.79 Å². The van der Waals surface area contributed by atoms with E-state index in [0.29, 0.717) is 13.1 Å². The second-order valence-electron chi connectivity index (χ2n) is 5.28. The average molecular weight is 290 g/mol. The smallest absolute Gasteiger partial charge is 0.236 e. The summed E-state index contributed by atoms with van der Waals surface area (Å²) in [5.74, 6) is 0.0613. The van der Waals surface area contributed by atoms with Gasteiger partial charge in [0.15, 0.2) is 0 Å². The molecule has 0 aliphatic carbocycles. The lowest BCUT2D eigenvalue weighted by molar-refractivity contribution is -0.129. The van der Waals surface area contributed by atoms with Gasteiger partial charge in [-0.15, -0.1) is 0 Å². The molecule has 2 rings (SSSR count). The molecule has 7 nitrogen and oxygen atoms in total. The lowest BCUT2D eigenvalue weighted by Crippen LogP contribution is -2.40. The molecule has 21 heavy (non-hydrogen) atoms. The molecule has 7 heteroatoms. The third kappa shape index (κ3) is 4.71. The molecule has 2 heterocycles. The fraction of sp³-hybridized carbons (Fsp3) is 0.500. The molecule has 1 N–H and O–H groups in total. The van der Waals surface area contributed by atoms with Gasteiger partial charge in [0.25, 0.3) is 0 Å². The number of hydrogen-bond donors (Lipinski definition) is 1. The zero-order valence-electron chi connectivity index (χ0n) is 12.7. The van der Waals surface area contributed by atoms with Crippen LogP contribution in [0, 0.1) is 0 Å². The van der Waals surface area contributed by atoms with Gasteiger partial charge in [-0.3, -0.25) is 14.2 Å². The van der Waals surface area contributed by atoms with Gasteiger partial charge in [-0.05, 0) is 13.0 Å². The van der Waals surface area contributed by atoms with Crippen molar-refractivity contribution in [1.29, 1.82) is 0 Å². The Balaban J connectivity index is 1.73. The fourth-order valence-corrected chi connectivity index (χ4v) is 2.07. The van der Waals surface area contributed by atoms with Gasteiger partial charge >= 0.3 is 0 Å². The van der Waals surface area contributed by atoms with Gasteiger partial charge in [0.05, 0.1) is 19.3 Å². The van der Waals surface area contributed by atoms with Gasteiger partial charge in [-0.1, -0.05) is 0 Å². The molecule has 0 aromatic carbocycles. The quantitative estimate of drug-likeness (QED) is 0.794. The Morgan fingerprint density at radius 1 is 1.48 bits per heavy atom. The van der Waals surface area contributed by atoms with E-state index < -0.39 is 0 Å². The van der Waals surface area contributed by atoms with Crippen molar-refractivity contribution in [2.75, 3.05) is 13.6 Å². The predicted octanol–water partition coefficient (Wildman–Crippen LogP) is 0.253. The number of nitrogens with zero attached hydrogens (tertiary/aromatic N) is 5. The lowest BCUT2D eigenvalue weighted by Gasteiger charge is -2.19. The van der Waals surface area contributed by atoms with Crippen LogP contribution in [0.3, 0.4) is 0 Å². The van der Waals surface area contributed by atoms with Gasteiger partial charge in [0.1, 0.15) is 0 Å². The summed E-state index contributed by atoms with van der Waals surface area (Å²) in [4.78, 5) is 13.8. The van der Waals surface area contributed by atoms with Crippen LogP contribution in [0.1, 0.15) is 12.5 Å². The number of amides is 1. The second kappa shape index (κ2) is 7.03. The molecule has 1 atom stereocenters. The van der Waals surface area contributed by atoms with Gasteiger partial charge < -0.3 is 10.2 Å². The number of rotatable bonds is 7. The molecule has 114 valence electrons. The Bertz CT molecular complexity index is 562. The minimum atomic E-state index is 0.0613. The number of hydrogen-bond acceptors (Lipinski definition) is 4. The molecule has 2 aromatic heterocycles. The Morgan fingerprint density at radius 3 is 2.90 bits per heavy atom. The number of nitrogens with one attached hydrogen (secondary N) is 1. The van der Waals surface area contributed by atoms with E-state index in [1.165, 1.54) is 0 Å². The maximum Gasteiger partial charge on any atom is 0.236 e. The van der Waals surface area contributed by atoms with Crippen molar-refractivity contribution in [1.82, 2.24) is 29.8 Å². The monoisotopic (exact) mass is 290 g/mol. The normalized spacial score (nSPS) is 12.3. The van der Waals surface area contributed by atoms with Crippen LogP contribution in [-0.2, 0) is 24.9 Å². The molecule has 0 saturated heterocycles. The van der Waals surface area contributed by atoms with E-state index in [2.05, 4.69) is 15.5 Å². The maximum atomic E-state index is 12.1. The van der Waals surface area contributed by atoms with E-state index in [9.17, 15) is 4.79 Å². The van der Waals surface area contributed by atoms with Gasteiger partial charge in [-0.2, -0.15) is 10.2 Å².